The molecule has 0 heterocycles. The van der Waals surface area contributed by atoms with Crippen LogP contribution in [0.1, 0.15) is 10.4 Å². The van der Waals surface area contributed by atoms with Gasteiger partial charge in [-0.05, 0) is 24.3 Å². The van der Waals surface area contributed by atoms with E-state index in [2.05, 4.69) is 6.58 Å². The number of allylic oxidation sites excluding steroid dienone is 1. The van der Waals surface area contributed by atoms with Crippen molar-refractivity contribution in [1.29, 1.82) is 0 Å². The zero-order chi connectivity index (χ0) is 9.14. The molecule has 0 unspecified atom stereocenters. The van der Waals surface area contributed by atoms with Gasteiger partial charge in [-0.25, -0.2) is 4.39 Å². The van der Waals surface area contributed by atoms with Crippen molar-refractivity contribution in [2.75, 3.05) is 5.73 Å². The zero-order valence-electron chi connectivity index (χ0n) is 6.38. The number of hydrogen-bond donors (Lipinski definition) is 1. The van der Waals surface area contributed by atoms with Crippen LogP contribution < -0.4 is 5.73 Å². The minimum atomic E-state index is -0.581. The molecule has 0 aliphatic heterocycles. The first kappa shape index (κ1) is 8.46. The molecule has 0 aromatic heterocycles. The minimum absolute atomic E-state index is 0.0376. The average Bonchev–Trinajstić information content (AvgIpc) is 2.08. The monoisotopic (exact) mass is 165 g/mol. The summed E-state index contributed by atoms with van der Waals surface area (Å²) in [5.41, 5.74) is 5.52. The van der Waals surface area contributed by atoms with Gasteiger partial charge in [0.1, 0.15) is 5.82 Å². The van der Waals surface area contributed by atoms with Crippen LogP contribution in [0.25, 0.3) is 0 Å². The van der Waals surface area contributed by atoms with Crippen molar-refractivity contribution in [3.8, 4) is 0 Å². The molecule has 0 aliphatic carbocycles. The highest BCUT2D eigenvalue weighted by atomic mass is 19.1. The number of carbonyl (C=O) groups excluding carboxylic acids is 1. The smallest absolute Gasteiger partial charge is 0.185 e. The molecule has 0 atom stereocenters. The summed E-state index contributed by atoms with van der Waals surface area (Å²) < 4.78 is 12.8. The lowest BCUT2D eigenvalue weighted by Crippen LogP contribution is -1.97. The second kappa shape index (κ2) is 3.17. The molecule has 2 nitrogen and oxygen atoms in total. The summed E-state index contributed by atoms with van der Waals surface area (Å²) in [6.45, 7) is 3.29. The molecule has 0 fully saturated rings. The predicted octanol–water partition coefficient (Wildman–Crippen LogP) is 1.78. The van der Waals surface area contributed by atoms with Crippen LogP contribution in [0, 0.1) is 5.82 Å². The van der Waals surface area contributed by atoms with E-state index in [4.69, 9.17) is 5.73 Å². The van der Waals surface area contributed by atoms with Gasteiger partial charge in [0, 0.05) is 5.56 Å². The largest absolute Gasteiger partial charge is 0.396 e. The summed E-state index contributed by atoms with van der Waals surface area (Å²) in [5.74, 6) is -0.892. The molecular weight excluding hydrogens is 157 g/mol. The molecule has 3 heteroatoms. The molecule has 0 radical (unpaired) electrons. The highest BCUT2D eigenvalue weighted by Crippen LogP contribution is 2.12. The normalized spacial score (nSPS) is 9.42. The molecule has 0 aliphatic rings. The third-order valence-corrected chi connectivity index (χ3v) is 1.47. The van der Waals surface area contributed by atoms with Gasteiger partial charge in [-0.1, -0.05) is 6.58 Å². The maximum atomic E-state index is 12.8. The van der Waals surface area contributed by atoms with E-state index in [1.165, 1.54) is 12.1 Å². The molecule has 0 bridgehead atoms. The van der Waals surface area contributed by atoms with Crippen LogP contribution in [0.4, 0.5) is 10.1 Å². The molecule has 1 aromatic rings. The summed E-state index contributed by atoms with van der Waals surface area (Å²) in [4.78, 5) is 11.0. The predicted molar refractivity (Wildman–Crippen MR) is 45.3 cm³/mol. The second-order valence-electron chi connectivity index (χ2n) is 2.30. The topological polar surface area (TPSA) is 43.1 Å². The van der Waals surface area contributed by atoms with E-state index in [1.807, 2.05) is 0 Å². The van der Waals surface area contributed by atoms with E-state index in [0.29, 0.717) is 0 Å². The third kappa shape index (κ3) is 1.50. The van der Waals surface area contributed by atoms with Crippen LogP contribution in [0.2, 0.25) is 0 Å². The van der Waals surface area contributed by atoms with Crippen LogP contribution >= 0.6 is 0 Å². The zero-order valence-corrected chi connectivity index (χ0v) is 6.38. The number of carbonyl (C=O) groups is 1. The molecule has 2 N–H and O–H groups in total. The maximum absolute atomic E-state index is 12.8. The van der Waals surface area contributed by atoms with Gasteiger partial charge in [0.25, 0.3) is 0 Å². The Balaban J connectivity index is 3.13. The Bertz CT molecular complexity index is 333. The number of benzene rings is 1. The van der Waals surface area contributed by atoms with Gasteiger partial charge < -0.3 is 5.73 Å². The van der Waals surface area contributed by atoms with Gasteiger partial charge in [0.05, 0.1) is 5.69 Å². The summed E-state index contributed by atoms with van der Waals surface area (Å²) >= 11 is 0. The summed E-state index contributed by atoms with van der Waals surface area (Å²) in [7, 11) is 0. The number of ketones is 1. The SMILES string of the molecule is C=CC(=O)c1ccc(N)c(F)c1. The van der Waals surface area contributed by atoms with Crippen LogP contribution in [0.15, 0.2) is 30.9 Å². The summed E-state index contributed by atoms with van der Waals surface area (Å²) in [6, 6.07) is 3.91. The lowest BCUT2D eigenvalue weighted by Gasteiger charge is -1.98. The Morgan fingerprint density at radius 3 is 2.75 bits per heavy atom. The lowest BCUT2D eigenvalue weighted by molar-refractivity contribution is 0.104. The standard InChI is InChI=1S/C9H8FNO/c1-2-9(12)6-3-4-8(11)7(10)5-6/h2-5H,1,11H2. The van der Waals surface area contributed by atoms with Crippen molar-refractivity contribution in [1.82, 2.24) is 0 Å². The maximum Gasteiger partial charge on any atom is 0.185 e. The van der Waals surface area contributed by atoms with Crippen molar-refractivity contribution in [2.24, 2.45) is 0 Å². The first-order valence-corrected chi connectivity index (χ1v) is 3.37. The number of anilines is 1. The Hall–Kier alpha value is -1.64. The quantitative estimate of drug-likeness (QED) is 0.412. The van der Waals surface area contributed by atoms with Crippen LogP contribution in [-0.4, -0.2) is 5.78 Å². The Morgan fingerprint density at radius 1 is 1.58 bits per heavy atom. The number of nitrogen functional groups attached to an aromatic ring is 1. The van der Waals surface area contributed by atoms with Gasteiger partial charge in [-0.2, -0.15) is 0 Å². The van der Waals surface area contributed by atoms with Gasteiger partial charge in [-0.3, -0.25) is 4.79 Å². The van der Waals surface area contributed by atoms with Gasteiger partial charge in [-0.15, -0.1) is 0 Å². The van der Waals surface area contributed by atoms with E-state index in [1.54, 1.807) is 0 Å². The van der Waals surface area contributed by atoms with Crippen LogP contribution in [0.3, 0.4) is 0 Å². The summed E-state index contributed by atoms with van der Waals surface area (Å²) in [5, 5.41) is 0. The first-order valence-electron chi connectivity index (χ1n) is 3.37. The van der Waals surface area contributed by atoms with Crippen LogP contribution in [-0.2, 0) is 0 Å². The number of hydrogen-bond acceptors (Lipinski definition) is 2. The number of rotatable bonds is 2. The minimum Gasteiger partial charge on any atom is -0.396 e. The highest BCUT2D eigenvalue weighted by Gasteiger charge is 2.04. The Kier molecular flexibility index (Phi) is 2.24. The molecule has 0 saturated heterocycles. The van der Waals surface area contributed by atoms with E-state index in [-0.39, 0.29) is 17.0 Å². The van der Waals surface area contributed by atoms with E-state index >= 15 is 0 Å². The van der Waals surface area contributed by atoms with Crippen molar-refractivity contribution >= 4 is 11.5 Å². The van der Waals surface area contributed by atoms with E-state index in [0.717, 1.165) is 12.1 Å². The highest BCUT2D eigenvalue weighted by molar-refractivity contribution is 6.04. The van der Waals surface area contributed by atoms with E-state index in [9.17, 15) is 9.18 Å². The fourth-order valence-electron chi connectivity index (χ4n) is 0.798. The van der Waals surface area contributed by atoms with E-state index < -0.39 is 5.82 Å². The number of nitrogens with two attached hydrogens (primary N) is 1. The van der Waals surface area contributed by atoms with Gasteiger partial charge in [0.15, 0.2) is 5.78 Å². The molecular formula is C9H8FNO. The fraction of sp³-hybridized carbons (Fsp3) is 0. The molecule has 12 heavy (non-hydrogen) atoms. The first-order chi connectivity index (χ1) is 5.65. The average molecular weight is 165 g/mol. The fourth-order valence-corrected chi connectivity index (χ4v) is 0.798. The molecule has 62 valence electrons. The molecule has 0 saturated carbocycles. The van der Waals surface area contributed by atoms with Crippen LogP contribution in [0.5, 0.6) is 0 Å². The van der Waals surface area contributed by atoms with Crippen molar-refractivity contribution in [3.63, 3.8) is 0 Å². The second-order valence-corrected chi connectivity index (χ2v) is 2.30. The van der Waals surface area contributed by atoms with Crippen molar-refractivity contribution < 1.29 is 9.18 Å². The molecule has 0 spiro atoms. The van der Waals surface area contributed by atoms with Crippen molar-refractivity contribution in [3.05, 3.63) is 42.2 Å². The lowest BCUT2D eigenvalue weighted by atomic mass is 10.1. The Morgan fingerprint density at radius 2 is 2.25 bits per heavy atom. The third-order valence-electron chi connectivity index (χ3n) is 1.47. The molecule has 1 rings (SSSR count). The number of halogens is 1. The van der Waals surface area contributed by atoms with Gasteiger partial charge in [0.2, 0.25) is 0 Å². The molecule has 0 amide bonds. The molecule has 1 aromatic carbocycles. The van der Waals surface area contributed by atoms with Crippen molar-refractivity contribution in [2.45, 2.75) is 0 Å². The summed E-state index contributed by atoms with van der Waals surface area (Å²) in [6.07, 6.45) is 1.13. The van der Waals surface area contributed by atoms with Gasteiger partial charge >= 0.3 is 0 Å². The Labute approximate surface area is 69.5 Å².